The maximum absolute atomic E-state index is 13.4. The summed E-state index contributed by atoms with van der Waals surface area (Å²) in [6, 6.07) is 11.8. The van der Waals surface area contributed by atoms with E-state index in [1.54, 1.807) is 6.07 Å². The molecule has 1 fully saturated rings. The number of benzene rings is 2. The van der Waals surface area contributed by atoms with E-state index in [1.165, 1.54) is 11.1 Å². The van der Waals surface area contributed by atoms with Crippen molar-refractivity contribution < 1.29 is 18.8 Å². The van der Waals surface area contributed by atoms with Crippen LogP contribution in [0.15, 0.2) is 36.4 Å². The summed E-state index contributed by atoms with van der Waals surface area (Å²) in [7, 11) is -2.83. The van der Waals surface area contributed by atoms with Crippen molar-refractivity contribution in [2.45, 2.75) is 81.5 Å². The van der Waals surface area contributed by atoms with E-state index in [0.29, 0.717) is 24.5 Å². The van der Waals surface area contributed by atoms with Gasteiger partial charge in [-0.25, -0.2) is 4.21 Å². The Labute approximate surface area is 243 Å². The lowest BCUT2D eigenvalue weighted by atomic mass is 9.68. The van der Waals surface area contributed by atoms with Gasteiger partial charge in [0.2, 0.25) is 0 Å². The molecule has 8 heteroatoms. The van der Waals surface area contributed by atoms with Crippen LogP contribution in [0.5, 0.6) is 5.75 Å². The van der Waals surface area contributed by atoms with E-state index in [2.05, 4.69) is 27.6 Å². The summed E-state index contributed by atoms with van der Waals surface area (Å²) in [6.07, 6.45) is 8.07. The summed E-state index contributed by atoms with van der Waals surface area (Å²) in [6.45, 7) is 4.01. The third-order valence-corrected chi connectivity index (χ3v) is 12.3. The number of carbonyl (C=O) groups is 1. The van der Waals surface area contributed by atoms with E-state index in [9.17, 15) is 14.1 Å². The van der Waals surface area contributed by atoms with Gasteiger partial charge in [-0.1, -0.05) is 30.5 Å². The van der Waals surface area contributed by atoms with Gasteiger partial charge in [-0.2, -0.15) is 0 Å². The Kier molecular flexibility index (Phi) is 7.60. The minimum atomic E-state index is -2.83. The number of hydrogen-bond donors (Lipinski definition) is 2. The third-order valence-electron chi connectivity index (χ3n) is 10.0. The zero-order valence-electron chi connectivity index (χ0n) is 23.4. The maximum Gasteiger partial charge on any atom is 0.262 e. The largest absolute Gasteiger partial charge is 0.490 e. The first kappa shape index (κ1) is 27.9. The molecule has 4 aliphatic rings. The Balaban J connectivity index is 1.41. The standard InChI is InChI=1S/C32H41ClN2O4S/c1-21-6-3-4-8-29(36)26-12-9-24(26)18-35-19-32(15-5-7-22-16-25(33)11-13-27(22)32)20-39-30-14-10-23(17-28(30)35)31(37)34-40(21,2)38/h10-11,13-14,16-17,21,24,26,29,36H,2-9,12,15,18-20H2,1H3,(H,34,37,38)/t21-,24-,26+,29+,32-,40?/m0/s1. The first-order valence-corrected chi connectivity index (χ1v) is 17.0. The Morgan fingerprint density at radius 2 is 1.95 bits per heavy atom. The van der Waals surface area contributed by atoms with Gasteiger partial charge in [-0.3, -0.25) is 9.52 Å². The van der Waals surface area contributed by atoms with Crippen LogP contribution in [0.1, 0.15) is 79.8 Å². The molecule has 0 saturated heterocycles. The Bertz CT molecular complexity index is 1400. The predicted molar refractivity (Wildman–Crippen MR) is 163 cm³/mol. The molecule has 2 heterocycles. The van der Waals surface area contributed by atoms with Gasteiger partial charge in [0, 0.05) is 34.3 Å². The second-order valence-corrected chi connectivity index (χ2v) is 15.5. The molecule has 1 spiro atoms. The van der Waals surface area contributed by atoms with E-state index in [0.717, 1.165) is 80.9 Å². The van der Waals surface area contributed by atoms with Gasteiger partial charge in [-0.15, -0.1) is 0 Å². The lowest BCUT2D eigenvalue weighted by Crippen LogP contribution is -2.49. The van der Waals surface area contributed by atoms with Crippen LogP contribution in [0.25, 0.3) is 0 Å². The number of aliphatic hydroxyl groups is 1. The summed E-state index contributed by atoms with van der Waals surface area (Å²) in [5.74, 6) is 4.96. The summed E-state index contributed by atoms with van der Waals surface area (Å²) < 4.78 is 22.7. The van der Waals surface area contributed by atoms with Gasteiger partial charge in [0.15, 0.2) is 0 Å². The van der Waals surface area contributed by atoms with E-state index in [-0.39, 0.29) is 28.6 Å². The number of halogens is 1. The van der Waals surface area contributed by atoms with Crippen molar-refractivity contribution in [3.05, 3.63) is 58.1 Å². The van der Waals surface area contributed by atoms with Gasteiger partial charge in [0.25, 0.3) is 5.91 Å². The van der Waals surface area contributed by atoms with Gasteiger partial charge >= 0.3 is 0 Å². The molecule has 6 atom stereocenters. The van der Waals surface area contributed by atoms with Gasteiger partial charge < -0.3 is 14.7 Å². The quantitative estimate of drug-likeness (QED) is 0.399. The molecule has 1 unspecified atom stereocenters. The maximum atomic E-state index is 13.4. The van der Waals surface area contributed by atoms with Crippen molar-refractivity contribution in [1.82, 2.24) is 4.72 Å². The molecule has 2 N–H and O–H groups in total. The van der Waals surface area contributed by atoms with Crippen molar-refractivity contribution in [2.75, 3.05) is 24.6 Å². The number of nitrogens with zero attached hydrogens (tertiary/aromatic N) is 1. The van der Waals surface area contributed by atoms with Crippen molar-refractivity contribution >= 4 is 38.8 Å². The monoisotopic (exact) mass is 584 g/mol. The zero-order chi connectivity index (χ0) is 28.1. The number of rotatable bonds is 0. The van der Waals surface area contributed by atoms with Crippen molar-refractivity contribution in [2.24, 2.45) is 11.8 Å². The van der Waals surface area contributed by atoms with Crippen LogP contribution in [0.3, 0.4) is 0 Å². The molecule has 6 rings (SSSR count). The average Bonchev–Trinajstić information content (AvgIpc) is 3.05. The number of aryl methyl sites for hydroxylation is 1. The molecule has 40 heavy (non-hydrogen) atoms. The Morgan fingerprint density at radius 3 is 2.75 bits per heavy atom. The van der Waals surface area contributed by atoms with E-state index < -0.39 is 9.71 Å². The first-order chi connectivity index (χ1) is 19.1. The lowest BCUT2D eigenvalue weighted by molar-refractivity contribution is 0.00905. The molecule has 2 aromatic rings. The molecule has 1 saturated carbocycles. The Hall–Kier alpha value is -2.22. The highest BCUT2D eigenvalue weighted by molar-refractivity contribution is 7.99. The highest BCUT2D eigenvalue weighted by Gasteiger charge is 2.44. The second-order valence-electron chi connectivity index (χ2n) is 12.6. The molecule has 2 aliphatic carbocycles. The molecule has 216 valence electrons. The number of nitrogens with one attached hydrogen (secondary N) is 1. The SMILES string of the molecule is C=S1(=O)NC(=O)c2ccc3c(c2)N(C[C@@H]2CC[C@H]2[C@H](O)CCCC[C@@H]1C)C[C@@]1(CCCc2cc(Cl)ccc21)CO3. The third kappa shape index (κ3) is 5.25. The Morgan fingerprint density at radius 1 is 1.12 bits per heavy atom. The summed E-state index contributed by atoms with van der Waals surface area (Å²) >= 11 is 6.39. The lowest BCUT2D eigenvalue weighted by Gasteiger charge is -2.45. The molecular weight excluding hydrogens is 544 g/mol. The molecule has 1 amide bonds. The summed E-state index contributed by atoms with van der Waals surface area (Å²) in [5.41, 5.74) is 3.74. The van der Waals surface area contributed by atoms with Gasteiger partial charge in [0.1, 0.15) is 5.75 Å². The predicted octanol–water partition coefficient (Wildman–Crippen LogP) is 5.52. The van der Waals surface area contributed by atoms with Crippen molar-refractivity contribution in [3.8, 4) is 5.75 Å². The van der Waals surface area contributed by atoms with E-state index in [4.69, 9.17) is 16.3 Å². The van der Waals surface area contributed by atoms with E-state index in [1.807, 2.05) is 25.1 Å². The molecular formula is C32H41ClN2O4S. The molecule has 0 aromatic heterocycles. The highest BCUT2D eigenvalue weighted by Crippen LogP contribution is 2.47. The number of hydrogen-bond acceptors (Lipinski definition) is 5. The van der Waals surface area contributed by atoms with Gasteiger partial charge in [0.05, 0.1) is 28.1 Å². The summed E-state index contributed by atoms with van der Waals surface area (Å²) in [4.78, 5) is 15.8. The van der Waals surface area contributed by atoms with Crippen LogP contribution in [0, 0.1) is 11.8 Å². The number of anilines is 1. The topological polar surface area (TPSA) is 78.9 Å². The van der Waals surface area contributed by atoms with E-state index >= 15 is 0 Å². The zero-order valence-corrected chi connectivity index (χ0v) is 24.9. The van der Waals surface area contributed by atoms with Crippen molar-refractivity contribution in [1.29, 1.82) is 0 Å². The van der Waals surface area contributed by atoms with Crippen LogP contribution >= 0.6 is 11.6 Å². The molecule has 6 nitrogen and oxygen atoms in total. The number of amides is 1. The van der Waals surface area contributed by atoms with Crippen molar-refractivity contribution in [3.63, 3.8) is 0 Å². The summed E-state index contributed by atoms with van der Waals surface area (Å²) in [5, 5.41) is 11.7. The van der Waals surface area contributed by atoms with Crippen LogP contribution in [0.2, 0.25) is 5.02 Å². The second kappa shape index (κ2) is 10.9. The fourth-order valence-electron chi connectivity index (χ4n) is 7.37. The molecule has 2 bridgehead atoms. The normalized spacial score (nSPS) is 34.5. The minimum Gasteiger partial charge on any atom is -0.490 e. The van der Waals surface area contributed by atoms with Crippen LogP contribution in [0.4, 0.5) is 5.69 Å². The number of carbonyl (C=O) groups excluding carboxylic acids is 1. The van der Waals surface area contributed by atoms with Crippen LogP contribution in [-0.2, 0) is 21.5 Å². The van der Waals surface area contributed by atoms with Gasteiger partial charge in [-0.05, 0) is 111 Å². The smallest absolute Gasteiger partial charge is 0.262 e. The highest BCUT2D eigenvalue weighted by atomic mass is 35.5. The molecule has 0 radical (unpaired) electrons. The molecule has 2 aromatic carbocycles. The average molecular weight is 585 g/mol. The van der Waals surface area contributed by atoms with Crippen LogP contribution < -0.4 is 14.4 Å². The number of ether oxygens (including phenoxy) is 1. The first-order valence-electron chi connectivity index (χ1n) is 14.8. The van der Waals surface area contributed by atoms with Crippen LogP contribution in [-0.4, -0.2) is 52.1 Å². The number of fused-ring (bicyclic) bond motifs is 4. The number of aliphatic hydroxyl groups excluding tert-OH is 1. The minimum absolute atomic E-state index is 0.199. The fraction of sp³-hybridized carbons (Fsp3) is 0.562. The fourth-order valence-corrected chi connectivity index (χ4v) is 8.75. The molecule has 2 aliphatic heterocycles.